The van der Waals surface area contributed by atoms with Crippen LogP contribution in [0.1, 0.15) is 25.7 Å². The van der Waals surface area contributed by atoms with Gasteiger partial charge in [0.25, 0.3) is 5.91 Å². The number of ether oxygens (including phenoxy) is 1. The van der Waals surface area contributed by atoms with Gasteiger partial charge in [0.05, 0.1) is 16.6 Å². The SMILES string of the molecule is C=CCOC(=O)[C@H]1[C@@H]2SC3(CC2Br)C(C(=O)N(CC=C)c2ccc4ccccc4c2)N(CCCCCO)C(=O)[C@H]13. The molecule has 0 saturated carbocycles. The minimum Gasteiger partial charge on any atom is -0.461 e. The van der Waals surface area contributed by atoms with Crippen molar-refractivity contribution in [3.8, 4) is 0 Å². The second kappa shape index (κ2) is 12.1. The zero-order valence-electron chi connectivity index (χ0n) is 22.4. The van der Waals surface area contributed by atoms with Gasteiger partial charge in [0.1, 0.15) is 12.6 Å². The molecule has 3 unspecified atom stereocenters. The maximum atomic E-state index is 14.7. The van der Waals surface area contributed by atoms with Gasteiger partial charge in [-0.1, -0.05) is 65.0 Å². The molecule has 1 N–H and O–H groups in total. The normalized spacial score (nSPS) is 28.5. The largest absolute Gasteiger partial charge is 0.461 e. The predicted molar refractivity (Wildman–Crippen MR) is 163 cm³/mol. The number of carbonyl (C=O) groups is 3. The summed E-state index contributed by atoms with van der Waals surface area (Å²) in [6.07, 6.45) is 5.85. The Kier molecular flexibility index (Phi) is 8.73. The van der Waals surface area contributed by atoms with E-state index in [1.165, 1.54) is 6.08 Å². The van der Waals surface area contributed by atoms with E-state index in [0.717, 1.165) is 22.9 Å². The molecule has 3 saturated heterocycles. The van der Waals surface area contributed by atoms with Gasteiger partial charge in [0.2, 0.25) is 5.91 Å². The molecule has 0 aromatic heterocycles. The molecule has 5 rings (SSSR count). The van der Waals surface area contributed by atoms with Crippen LogP contribution in [0.25, 0.3) is 10.8 Å². The van der Waals surface area contributed by atoms with Crippen LogP contribution in [0, 0.1) is 11.8 Å². The number of hydrogen-bond acceptors (Lipinski definition) is 6. The summed E-state index contributed by atoms with van der Waals surface area (Å²) in [5, 5.41) is 11.2. The number of esters is 1. The van der Waals surface area contributed by atoms with Crippen molar-refractivity contribution >= 4 is 61.9 Å². The van der Waals surface area contributed by atoms with E-state index in [1.54, 1.807) is 27.6 Å². The van der Waals surface area contributed by atoms with Gasteiger partial charge in [-0.05, 0) is 48.6 Å². The lowest BCUT2D eigenvalue weighted by Gasteiger charge is -2.38. The van der Waals surface area contributed by atoms with Gasteiger partial charge >= 0.3 is 5.97 Å². The molecule has 7 nitrogen and oxygen atoms in total. The first-order chi connectivity index (χ1) is 19.4. The number of hydrogen-bond donors (Lipinski definition) is 1. The zero-order chi connectivity index (χ0) is 28.4. The summed E-state index contributed by atoms with van der Waals surface area (Å²) in [6.45, 7) is 8.39. The first kappa shape index (κ1) is 28.9. The fourth-order valence-electron chi connectivity index (χ4n) is 6.67. The number of benzene rings is 2. The van der Waals surface area contributed by atoms with Crippen molar-refractivity contribution < 1.29 is 24.2 Å². The van der Waals surface area contributed by atoms with Crippen molar-refractivity contribution in [2.24, 2.45) is 11.8 Å². The van der Waals surface area contributed by atoms with Crippen molar-refractivity contribution in [1.82, 2.24) is 4.90 Å². The molecule has 3 fully saturated rings. The lowest BCUT2D eigenvalue weighted by atomic mass is 9.71. The summed E-state index contributed by atoms with van der Waals surface area (Å²) in [5.74, 6) is -2.01. The number of rotatable bonds is 12. The lowest BCUT2D eigenvalue weighted by molar-refractivity contribution is -0.153. The predicted octanol–water partition coefficient (Wildman–Crippen LogP) is 4.72. The minimum atomic E-state index is -0.752. The highest BCUT2D eigenvalue weighted by Gasteiger charge is 2.76. The summed E-state index contributed by atoms with van der Waals surface area (Å²) in [4.78, 5) is 45.5. The Morgan fingerprint density at radius 3 is 2.65 bits per heavy atom. The highest BCUT2D eigenvalue weighted by molar-refractivity contribution is 9.09. The van der Waals surface area contributed by atoms with Crippen LogP contribution in [0.3, 0.4) is 0 Å². The van der Waals surface area contributed by atoms with E-state index in [-0.39, 0.29) is 41.6 Å². The number of aliphatic hydroxyl groups is 1. The molecule has 2 bridgehead atoms. The molecule has 6 atom stereocenters. The first-order valence-electron chi connectivity index (χ1n) is 13.8. The number of likely N-dealkylation sites (tertiary alicyclic amines) is 1. The molecule has 212 valence electrons. The van der Waals surface area contributed by atoms with Crippen LogP contribution in [0.15, 0.2) is 67.8 Å². The van der Waals surface area contributed by atoms with Gasteiger partial charge in [0.15, 0.2) is 0 Å². The molecular formula is C31H35BrN2O5S. The highest BCUT2D eigenvalue weighted by atomic mass is 79.9. The number of unbranched alkanes of at least 4 members (excludes halogenated alkanes) is 2. The maximum Gasteiger partial charge on any atom is 0.311 e. The molecule has 2 amide bonds. The van der Waals surface area contributed by atoms with Crippen LogP contribution in [0.5, 0.6) is 0 Å². The van der Waals surface area contributed by atoms with Crippen LogP contribution >= 0.6 is 27.7 Å². The molecule has 1 spiro atoms. The molecule has 2 aromatic carbocycles. The molecule has 0 radical (unpaired) electrons. The third-order valence-corrected chi connectivity index (χ3v) is 11.5. The summed E-state index contributed by atoms with van der Waals surface area (Å²) in [5.41, 5.74) is 0.742. The number of halogens is 1. The monoisotopic (exact) mass is 626 g/mol. The van der Waals surface area contributed by atoms with Gasteiger partial charge in [-0.2, -0.15) is 0 Å². The summed E-state index contributed by atoms with van der Waals surface area (Å²) >= 11 is 5.38. The number of anilines is 1. The minimum absolute atomic E-state index is 0.0269. The van der Waals surface area contributed by atoms with Crippen molar-refractivity contribution in [1.29, 1.82) is 0 Å². The van der Waals surface area contributed by atoms with Crippen molar-refractivity contribution in [2.45, 2.75) is 46.5 Å². The van der Waals surface area contributed by atoms with Gasteiger partial charge in [-0.3, -0.25) is 14.4 Å². The van der Waals surface area contributed by atoms with Crippen LogP contribution in [-0.4, -0.2) is 75.0 Å². The van der Waals surface area contributed by atoms with E-state index in [2.05, 4.69) is 29.1 Å². The standard InChI is InChI=1S/C31H35BrN2O5S/c1-3-14-33(22-13-12-20-10-6-7-11-21(20)18-22)29(37)27-31-19-23(32)26(40-31)24(30(38)39-17-4-2)25(31)28(36)34(27)15-8-5-9-16-35/h3-4,6-7,10-13,18,23-27,35H,1-2,5,8-9,14-17,19H2/t23?,24-,25+,26-,27?,31?/m1/s1. The van der Waals surface area contributed by atoms with Gasteiger partial charge in [0, 0.05) is 35.5 Å². The van der Waals surface area contributed by atoms with E-state index in [1.807, 2.05) is 42.5 Å². The van der Waals surface area contributed by atoms with E-state index < -0.39 is 28.6 Å². The summed E-state index contributed by atoms with van der Waals surface area (Å²) in [7, 11) is 0. The van der Waals surface area contributed by atoms with E-state index in [4.69, 9.17) is 4.74 Å². The fourth-order valence-corrected chi connectivity index (χ4v) is 10.3. The van der Waals surface area contributed by atoms with Crippen molar-refractivity contribution in [3.63, 3.8) is 0 Å². The smallest absolute Gasteiger partial charge is 0.311 e. The van der Waals surface area contributed by atoms with Gasteiger partial charge in [-0.15, -0.1) is 18.3 Å². The Morgan fingerprint density at radius 2 is 1.93 bits per heavy atom. The molecule has 0 aliphatic carbocycles. The van der Waals surface area contributed by atoms with Crippen LogP contribution < -0.4 is 4.90 Å². The molecule has 3 aliphatic heterocycles. The number of thioether (sulfide) groups is 1. The lowest BCUT2D eigenvalue weighted by Crippen LogP contribution is -2.55. The third kappa shape index (κ3) is 4.90. The average Bonchev–Trinajstić information content (AvgIpc) is 3.55. The Labute approximate surface area is 247 Å². The number of amides is 2. The Morgan fingerprint density at radius 1 is 1.15 bits per heavy atom. The molecule has 40 heavy (non-hydrogen) atoms. The second-order valence-electron chi connectivity index (χ2n) is 10.7. The average molecular weight is 628 g/mol. The molecule has 9 heteroatoms. The number of nitrogens with zero attached hydrogens (tertiary/aromatic N) is 2. The Balaban J connectivity index is 1.55. The second-order valence-corrected chi connectivity index (χ2v) is 13.4. The fraction of sp³-hybridized carbons (Fsp3) is 0.452. The van der Waals surface area contributed by atoms with Crippen molar-refractivity contribution in [3.05, 3.63) is 67.8 Å². The first-order valence-corrected chi connectivity index (χ1v) is 15.6. The molecule has 2 aromatic rings. The van der Waals surface area contributed by atoms with Gasteiger partial charge < -0.3 is 19.6 Å². The quantitative estimate of drug-likeness (QED) is 0.159. The van der Waals surface area contributed by atoms with Crippen molar-refractivity contribution in [2.75, 3.05) is 31.2 Å². The highest BCUT2D eigenvalue weighted by Crippen LogP contribution is 2.68. The zero-order valence-corrected chi connectivity index (χ0v) is 24.8. The topological polar surface area (TPSA) is 87.2 Å². The summed E-state index contributed by atoms with van der Waals surface area (Å²) < 4.78 is 4.72. The maximum absolute atomic E-state index is 14.7. The number of aliphatic hydroxyl groups excluding tert-OH is 1. The number of fused-ring (bicyclic) bond motifs is 2. The molecule has 3 heterocycles. The van der Waals surface area contributed by atoms with Crippen LogP contribution in [0.4, 0.5) is 5.69 Å². The number of carbonyl (C=O) groups excluding carboxylic acids is 3. The molecule has 3 aliphatic rings. The third-order valence-electron chi connectivity index (χ3n) is 8.32. The number of alkyl halides is 1. The Hall–Kier alpha value is -2.62. The van der Waals surface area contributed by atoms with Crippen LogP contribution in [-0.2, 0) is 19.1 Å². The van der Waals surface area contributed by atoms with E-state index in [9.17, 15) is 19.5 Å². The van der Waals surface area contributed by atoms with E-state index in [0.29, 0.717) is 25.8 Å². The Bertz CT molecular complexity index is 1320. The van der Waals surface area contributed by atoms with E-state index >= 15 is 0 Å². The summed E-state index contributed by atoms with van der Waals surface area (Å²) in [6, 6.07) is 13.2. The molecular weight excluding hydrogens is 592 g/mol. The van der Waals surface area contributed by atoms with Crippen LogP contribution in [0.2, 0.25) is 0 Å². The van der Waals surface area contributed by atoms with Gasteiger partial charge in [-0.25, -0.2) is 0 Å².